The number of thiophene rings is 1. The minimum Gasteiger partial charge on any atom is -0.388 e. The van der Waals surface area contributed by atoms with E-state index in [1.165, 1.54) is 4.70 Å². The van der Waals surface area contributed by atoms with Crippen LogP contribution in [0.1, 0.15) is 32.4 Å². The fourth-order valence-electron chi connectivity index (χ4n) is 3.32. The third-order valence-electron chi connectivity index (χ3n) is 4.58. The van der Waals surface area contributed by atoms with Gasteiger partial charge < -0.3 is 9.84 Å². The maximum Gasteiger partial charge on any atom is 0.0860 e. The second-order valence-corrected chi connectivity index (χ2v) is 7.47. The van der Waals surface area contributed by atoms with Crippen LogP contribution in [0.25, 0.3) is 10.1 Å². The summed E-state index contributed by atoms with van der Waals surface area (Å²) in [5.41, 5.74) is 1.03. The standard InChI is InChI=1S/C16H19BrO2S/c1-8-9(2)19-10(3)14(8)15(18)12-7-20-16-11(12)5-4-6-13(16)17/h4-10,14-15,18H,1-3H3. The first-order valence-corrected chi connectivity index (χ1v) is 8.67. The second-order valence-electron chi connectivity index (χ2n) is 5.74. The molecule has 0 saturated carbocycles. The van der Waals surface area contributed by atoms with Gasteiger partial charge in [0.05, 0.1) is 18.3 Å². The van der Waals surface area contributed by atoms with Gasteiger partial charge in [0, 0.05) is 15.1 Å². The van der Waals surface area contributed by atoms with Crippen LogP contribution in [0.4, 0.5) is 0 Å². The predicted molar refractivity (Wildman–Crippen MR) is 87.1 cm³/mol. The molecule has 0 bridgehead atoms. The zero-order valence-electron chi connectivity index (χ0n) is 11.8. The first-order valence-electron chi connectivity index (χ1n) is 7.00. The smallest absolute Gasteiger partial charge is 0.0860 e. The molecular weight excluding hydrogens is 336 g/mol. The molecule has 2 aromatic rings. The van der Waals surface area contributed by atoms with Gasteiger partial charge in [-0.2, -0.15) is 0 Å². The van der Waals surface area contributed by atoms with Crippen molar-refractivity contribution in [1.82, 2.24) is 0 Å². The lowest BCUT2D eigenvalue weighted by Crippen LogP contribution is -2.24. The Hall–Kier alpha value is -0.420. The zero-order chi connectivity index (χ0) is 14.4. The van der Waals surface area contributed by atoms with Crippen molar-refractivity contribution in [2.75, 3.05) is 0 Å². The van der Waals surface area contributed by atoms with Crippen molar-refractivity contribution in [3.8, 4) is 0 Å². The van der Waals surface area contributed by atoms with Gasteiger partial charge in [-0.15, -0.1) is 11.3 Å². The number of hydrogen-bond acceptors (Lipinski definition) is 3. The summed E-state index contributed by atoms with van der Waals surface area (Å²) in [6, 6.07) is 6.15. The quantitative estimate of drug-likeness (QED) is 0.842. The molecule has 1 saturated heterocycles. The van der Waals surface area contributed by atoms with E-state index in [0.717, 1.165) is 15.4 Å². The number of halogens is 1. The van der Waals surface area contributed by atoms with Gasteiger partial charge in [-0.25, -0.2) is 0 Å². The number of fused-ring (bicyclic) bond motifs is 1. The molecule has 1 N–H and O–H groups in total. The third-order valence-corrected chi connectivity index (χ3v) is 6.55. The van der Waals surface area contributed by atoms with E-state index in [0.29, 0.717) is 5.92 Å². The molecular formula is C16H19BrO2S. The Morgan fingerprint density at radius 3 is 2.65 bits per heavy atom. The topological polar surface area (TPSA) is 29.5 Å². The van der Waals surface area contributed by atoms with E-state index < -0.39 is 6.10 Å². The molecule has 0 aliphatic carbocycles. The number of hydrogen-bond donors (Lipinski definition) is 1. The molecule has 1 fully saturated rings. The van der Waals surface area contributed by atoms with Crippen molar-refractivity contribution in [2.24, 2.45) is 11.8 Å². The SMILES string of the molecule is CC1OC(C)C(C(O)c2csc3c(Br)cccc23)C1C. The highest BCUT2D eigenvalue weighted by Crippen LogP contribution is 2.44. The van der Waals surface area contributed by atoms with Crippen LogP contribution in [-0.2, 0) is 4.74 Å². The van der Waals surface area contributed by atoms with Crippen molar-refractivity contribution < 1.29 is 9.84 Å². The Balaban J connectivity index is 2.01. The minimum atomic E-state index is -0.465. The predicted octanol–water partition coefficient (Wildman–Crippen LogP) is 4.76. The molecule has 5 unspecified atom stereocenters. The van der Waals surface area contributed by atoms with Crippen LogP contribution >= 0.6 is 27.3 Å². The number of aliphatic hydroxyl groups is 1. The summed E-state index contributed by atoms with van der Waals surface area (Å²) in [4.78, 5) is 0. The Labute approximate surface area is 131 Å². The largest absolute Gasteiger partial charge is 0.388 e. The van der Waals surface area contributed by atoms with E-state index in [-0.39, 0.29) is 18.1 Å². The average Bonchev–Trinajstić information content (AvgIpc) is 2.93. The number of rotatable bonds is 2. The maximum absolute atomic E-state index is 10.9. The van der Waals surface area contributed by atoms with Crippen molar-refractivity contribution >= 4 is 37.4 Å². The first-order chi connectivity index (χ1) is 9.50. The Morgan fingerprint density at radius 2 is 2.00 bits per heavy atom. The highest BCUT2D eigenvalue weighted by Gasteiger charge is 2.42. The molecule has 1 aliphatic rings. The van der Waals surface area contributed by atoms with Gasteiger partial charge in [0.2, 0.25) is 0 Å². The average molecular weight is 355 g/mol. The van der Waals surface area contributed by atoms with Crippen LogP contribution in [0, 0.1) is 11.8 Å². The molecule has 3 rings (SSSR count). The highest BCUT2D eigenvalue weighted by molar-refractivity contribution is 9.10. The van der Waals surface area contributed by atoms with Crippen molar-refractivity contribution in [3.63, 3.8) is 0 Å². The fourth-order valence-corrected chi connectivity index (χ4v) is 4.97. The number of aliphatic hydroxyl groups excluding tert-OH is 1. The Bertz CT molecular complexity index is 624. The normalized spacial score (nSPS) is 31.9. The molecule has 2 nitrogen and oxygen atoms in total. The number of benzene rings is 1. The van der Waals surface area contributed by atoms with E-state index in [2.05, 4.69) is 48.1 Å². The van der Waals surface area contributed by atoms with Gasteiger partial charge in [0.15, 0.2) is 0 Å². The van der Waals surface area contributed by atoms with E-state index in [4.69, 9.17) is 4.74 Å². The van der Waals surface area contributed by atoms with Crippen molar-refractivity contribution in [1.29, 1.82) is 0 Å². The van der Waals surface area contributed by atoms with Crippen LogP contribution in [0.15, 0.2) is 28.1 Å². The molecule has 2 heterocycles. The minimum absolute atomic E-state index is 0.0945. The highest BCUT2D eigenvalue weighted by atomic mass is 79.9. The van der Waals surface area contributed by atoms with Gasteiger partial charge in [0.25, 0.3) is 0 Å². The molecule has 0 spiro atoms. The van der Waals surface area contributed by atoms with Crippen LogP contribution < -0.4 is 0 Å². The summed E-state index contributed by atoms with van der Waals surface area (Å²) in [5.74, 6) is 0.517. The van der Waals surface area contributed by atoms with Gasteiger partial charge in [-0.1, -0.05) is 19.1 Å². The van der Waals surface area contributed by atoms with Crippen LogP contribution in [0.2, 0.25) is 0 Å². The summed E-state index contributed by atoms with van der Waals surface area (Å²) in [7, 11) is 0. The van der Waals surface area contributed by atoms with E-state index >= 15 is 0 Å². The van der Waals surface area contributed by atoms with E-state index in [9.17, 15) is 5.11 Å². The zero-order valence-corrected chi connectivity index (χ0v) is 14.2. The molecule has 20 heavy (non-hydrogen) atoms. The van der Waals surface area contributed by atoms with Crippen molar-refractivity contribution in [2.45, 2.75) is 39.1 Å². The molecule has 5 atom stereocenters. The molecule has 4 heteroatoms. The summed E-state index contributed by atoms with van der Waals surface area (Å²) in [5, 5.41) is 14.1. The first kappa shape index (κ1) is 14.5. The van der Waals surface area contributed by atoms with Gasteiger partial charge in [-0.3, -0.25) is 0 Å². The summed E-state index contributed by atoms with van der Waals surface area (Å²) in [6.07, 6.45) is -0.161. The Kier molecular flexibility index (Phi) is 3.93. The summed E-state index contributed by atoms with van der Waals surface area (Å²) in [6.45, 7) is 6.33. The monoisotopic (exact) mass is 354 g/mol. The molecule has 1 aliphatic heterocycles. The Morgan fingerprint density at radius 1 is 1.25 bits per heavy atom. The van der Waals surface area contributed by atoms with Crippen LogP contribution in [0.3, 0.4) is 0 Å². The van der Waals surface area contributed by atoms with Crippen LogP contribution in [0.5, 0.6) is 0 Å². The van der Waals surface area contributed by atoms with Crippen molar-refractivity contribution in [3.05, 3.63) is 33.6 Å². The molecule has 1 aromatic heterocycles. The van der Waals surface area contributed by atoms with Gasteiger partial charge in [0.1, 0.15) is 0 Å². The summed E-state index contributed by atoms with van der Waals surface area (Å²) >= 11 is 5.26. The molecule has 1 aromatic carbocycles. The van der Waals surface area contributed by atoms with E-state index in [1.807, 2.05) is 12.1 Å². The van der Waals surface area contributed by atoms with Gasteiger partial charge in [-0.05, 0) is 58.1 Å². The molecule has 0 amide bonds. The van der Waals surface area contributed by atoms with Gasteiger partial charge >= 0.3 is 0 Å². The molecule has 108 valence electrons. The second kappa shape index (κ2) is 5.41. The lowest BCUT2D eigenvalue weighted by Gasteiger charge is -2.24. The third kappa shape index (κ3) is 2.23. The van der Waals surface area contributed by atoms with E-state index in [1.54, 1.807) is 11.3 Å². The number of ether oxygens (including phenoxy) is 1. The maximum atomic E-state index is 10.9. The lowest BCUT2D eigenvalue weighted by atomic mass is 9.82. The van der Waals surface area contributed by atoms with Crippen LogP contribution in [-0.4, -0.2) is 17.3 Å². The fraction of sp³-hybridized carbons (Fsp3) is 0.500. The lowest BCUT2D eigenvalue weighted by molar-refractivity contribution is 0.0237. The molecule has 0 radical (unpaired) electrons. The summed E-state index contributed by atoms with van der Waals surface area (Å²) < 4.78 is 8.17.